The number of carbonyl (C=O) groups excluding carboxylic acids is 3. The summed E-state index contributed by atoms with van der Waals surface area (Å²) in [5, 5.41) is 0. The van der Waals surface area contributed by atoms with Gasteiger partial charge in [0.1, 0.15) is 4.88 Å². The average Bonchev–Trinajstić information content (AvgIpc) is 2.76. The van der Waals surface area contributed by atoms with Crippen LogP contribution in [0.4, 0.5) is 0 Å². The Hall–Kier alpha value is -1.76. The molecule has 0 bridgehead atoms. The van der Waals surface area contributed by atoms with Crippen molar-refractivity contribution in [2.75, 3.05) is 20.2 Å². The lowest BCUT2D eigenvalue weighted by molar-refractivity contribution is -0.143. The molecule has 1 rings (SSSR count). The molecule has 0 atom stereocenters. The van der Waals surface area contributed by atoms with E-state index in [4.69, 9.17) is 4.74 Å². The fourth-order valence-electron chi connectivity index (χ4n) is 1.51. The minimum atomic E-state index is -0.349. The molecule has 0 radical (unpaired) electrons. The molecular weight excluding hydrogens is 268 g/mol. The Morgan fingerprint density at radius 2 is 2.16 bits per heavy atom. The SMILES string of the molecule is CCOC(=O)CCN(C)C(=O)c1c(C)nsc1C=O. The number of rotatable bonds is 6. The van der Waals surface area contributed by atoms with Gasteiger partial charge in [-0.05, 0) is 25.4 Å². The normalized spacial score (nSPS) is 10.1. The largest absolute Gasteiger partial charge is 0.466 e. The second-order valence-corrected chi connectivity index (χ2v) is 4.71. The van der Waals surface area contributed by atoms with Crippen LogP contribution in [-0.4, -0.2) is 47.6 Å². The zero-order valence-corrected chi connectivity index (χ0v) is 12.0. The van der Waals surface area contributed by atoms with Crippen molar-refractivity contribution in [3.8, 4) is 0 Å². The van der Waals surface area contributed by atoms with Gasteiger partial charge in [-0.1, -0.05) is 0 Å². The van der Waals surface area contributed by atoms with E-state index in [0.717, 1.165) is 11.5 Å². The topological polar surface area (TPSA) is 76.6 Å². The molecule has 0 fully saturated rings. The van der Waals surface area contributed by atoms with Gasteiger partial charge in [0.15, 0.2) is 6.29 Å². The van der Waals surface area contributed by atoms with Crippen molar-refractivity contribution in [1.29, 1.82) is 0 Å². The van der Waals surface area contributed by atoms with E-state index in [-0.39, 0.29) is 24.8 Å². The van der Waals surface area contributed by atoms with Crippen LogP contribution in [0, 0.1) is 6.92 Å². The Morgan fingerprint density at radius 1 is 1.47 bits per heavy atom. The number of aromatic nitrogens is 1. The van der Waals surface area contributed by atoms with Crippen LogP contribution in [0.25, 0.3) is 0 Å². The smallest absolute Gasteiger partial charge is 0.307 e. The van der Waals surface area contributed by atoms with Crippen molar-refractivity contribution in [1.82, 2.24) is 9.27 Å². The van der Waals surface area contributed by atoms with Crippen molar-refractivity contribution < 1.29 is 19.1 Å². The number of esters is 1. The molecule has 0 spiro atoms. The number of ether oxygens (including phenoxy) is 1. The fraction of sp³-hybridized carbons (Fsp3) is 0.500. The highest BCUT2D eigenvalue weighted by Crippen LogP contribution is 2.18. The zero-order chi connectivity index (χ0) is 14.4. The summed E-state index contributed by atoms with van der Waals surface area (Å²) >= 11 is 0.997. The van der Waals surface area contributed by atoms with E-state index < -0.39 is 0 Å². The first-order chi connectivity index (χ1) is 9.01. The van der Waals surface area contributed by atoms with Crippen molar-refractivity contribution in [2.24, 2.45) is 0 Å². The van der Waals surface area contributed by atoms with E-state index in [1.165, 1.54) is 4.90 Å². The number of amides is 1. The van der Waals surface area contributed by atoms with Crippen LogP contribution in [0.3, 0.4) is 0 Å². The lowest BCUT2D eigenvalue weighted by Crippen LogP contribution is -2.30. The monoisotopic (exact) mass is 284 g/mol. The molecule has 104 valence electrons. The zero-order valence-electron chi connectivity index (χ0n) is 11.1. The lowest BCUT2D eigenvalue weighted by Gasteiger charge is -2.16. The molecule has 1 aromatic heterocycles. The molecule has 0 aliphatic carbocycles. The fourth-order valence-corrected chi connectivity index (χ4v) is 2.21. The van der Waals surface area contributed by atoms with Crippen LogP contribution in [-0.2, 0) is 9.53 Å². The Labute approximate surface area is 115 Å². The summed E-state index contributed by atoms with van der Waals surface area (Å²) in [5.74, 6) is -0.657. The van der Waals surface area contributed by atoms with Crippen molar-refractivity contribution in [2.45, 2.75) is 20.3 Å². The number of aldehydes is 1. The van der Waals surface area contributed by atoms with E-state index >= 15 is 0 Å². The van der Waals surface area contributed by atoms with Gasteiger partial charge in [-0.15, -0.1) is 0 Å². The van der Waals surface area contributed by atoms with Gasteiger partial charge in [-0.2, -0.15) is 4.37 Å². The number of hydrogen-bond acceptors (Lipinski definition) is 6. The first kappa shape index (κ1) is 15.3. The molecule has 0 unspecified atom stereocenters. The number of carbonyl (C=O) groups is 3. The van der Waals surface area contributed by atoms with Gasteiger partial charge < -0.3 is 9.64 Å². The maximum absolute atomic E-state index is 12.2. The van der Waals surface area contributed by atoms with E-state index in [1.54, 1.807) is 20.9 Å². The van der Waals surface area contributed by atoms with Crippen molar-refractivity contribution in [3.63, 3.8) is 0 Å². The Kier molecular flexibility index (Phi) is 5.62. The quantitative estimate of drug-likeness (QED) is 0.581. The van der Waals surface area contributed by atoms with Crippen LogP contribution in [0.2, 0.25) is 0 Å². The molecule has 0 aliphatic rings. The molecule has 1 heterocycles. The summed E-state index contributed by atoms with van der Waals surface area (Å²) in [4.78, 5) is 35.9. The van der Waals surface area contributed by atoms with Gasteiger partial charge in [0.25, 0.3) is 5.91 Å². The third-order valence-corrected chi connectivity index (χ3v) is 3.38. The number of hydrogen-bond donors (Lipinski definition) is 0. The maximum atomic E-state index is 12.2. The second kappa shape index (κ2) is 6.98. The third kappa shape index (κ3) is 3.85. The van der Waals surface area contributed by atoms with E-state index in [0.29, 0.717) is 29.0 Å². The molecule has 0 saturated heterocycles. The first-order valence-corrected chi connectivity index (χ1v) is 6.61. The van der Waals surface area contributed by atoms with Crippen LogP contribution in [0.15, 0.2) is 0 Å². The Bertz CT molecular complexity index is 484. The minimum Gasteiger partial charge on any atom is -0.466 e. The molecule has 0 aliphatic heterocycles. The Morgan fingerprint density at radius 3 is 2.74 bits per heavy atom. The summed E-state index contributed by atoms with van der Waals surface area (Å²) in [6.45, 7) is 3.96. The van der Waals surface area contributed by atoms with E-state index in [9.17, 15) is 14.4 Å². The van der Waals surface area contributed by atoms with Gasteiger partial charge in [0.2, 0.25) is 0 Å². The lowest BCUT2D eigenvalue weighted by atomic mass is 10.2. The van der Waals surface area contributed by atoms with Crippen LogP contribution < -0.4 is 0 Å². The molecule has 0 aromatic carbocycles. The summed E-state index contributed by atoms with van der Waals surface area (Å²) in [6.07, 6.45) is 0.750. The molecule has 19 heavy (non-hydrogen) atoms. The molecule has 1 aromatic rings. The van der Waals surface area contributed by atoms with Gasteiger partial charge in [0, 0.05) is 13.6 Å². The number of aryl methyl sites for hydroxylation is 1. The van der Waals surface area contributed by atoms with Crippen LogP contribution in [0.5, 0.6) is 0 Å². The first-order valence-electron chi connectivity index (χ1n) is 5.83. The van der Waals surface area contributed by atoms with Crippen molar-refractivity contribution >= 4 is 29.7 Å². The highest BCUT2D eigenvalue weighted by atomic mass is 32.1. The van der Waals surface area contributed by atoms with Crippen LogP contribution >= 0.6 is 11.5 Å². The van der Waals surface area contributed by atoms with Gasteiger partial charge >= 0.3 is 5.97 Å². The van der Waals surface area contributed by atoms with E-state index in [2.05, 4.69) is 4.37 Å². The summed E-state index contributed by atoms with van der Waals surface area (Å²) in [6, 6.07) is 0. The molecule has 0 saturated carbocycles. The van der Waals surface area contributed by atoms with E-state index in [1.807, 2.05) is 0 Å². The molecular formula is C12H16N2O4S. The number of nitrogens with zero attached hydrogens (tertiary/aromatic N) is 2. The molecule has 7 heteroatoms. The van der Waals surface area contributed by atoms with Crippen LogP contribution in [0.1, 0.15) is 39.1 Å². The van der Waals surface area contributed by atoms with Crippen molar-refractivity contribution in [3.05, 3.63) is 16.1 Å². The summed E-state index contributed by atoms with van der Waals surface area (Å²) in [7, 11) is 1.58. The highest BCUT2D eigenvalue weighted by molar-refractivity contribution is 7.08. The predicted octanol–water partition coefficient (Wildman–Crippen LogP) is 1.29. The second-order valence-electron chi connectivity index (χ2n) is 3.91. The highest BCUT2D eigenvalue weighted by Gasteiger charge is 2.21. The molecule has 1 amide bonds. The summed E-state index contributed by atoms with van der Waals surface area (Å²) in [5.41, 5.74) is 0.839. The molecule has 6 nitrogen and oxygen atoms in total. The Balaban J connectivity index is 2.69. The minimum absolute atomic E-state index is 0.128. The van der Waals surface area contributed by atoms with Gasteiger partial charge in [-0.3, -0.25) is 14.4 Å². The summed E-state index contributed by atoms with van der Waals surface area (Å²) < 4.78 is 8.77. The van der Waals surface area contributed by atoms with Gasteiger partial charge in [-0.25, -0.2) is 0 Å². The standard InChI is InChI=1S/C12H16N2O4S/c1-4-18-10(16)5-6-14(3)12(17)11-8(2)13-19-9(11)7-15/h7H,4-6H2,1-3H3. The third-order valence-electron chi connectivity index (χ3n) is 2.51. The molecule has 0 N–H and O–H groups in total. The average molecular weight is 284 g/mol. The predicted molar refractivity (Wildman–Crippen MR) is 70.4 cm³/mol. The van der Waals surface area contributed by atoms with Gasteiger partial charge in [0.05, 0.1) is 24.3 Å². The maximum Gasteiger partial charge on any atom is 0.307 e.